The number of hydrogen-bond acceptors (Lipinski definition) is 4. The third kappa shape index (κ3) is 4.82. The van der Waals surface area contributed by atoms with E-state index in [-0.39, 0.29) is 5.91 Å². The van der Waals surface area contributed by atoms with E-state index < -0.39 is 0 Å². The largest absolute Gasteiger partial charge is 0.490 e. The van der Waals surface area contributed by atoms with Crippen molar-refractivity contribution in [3.05, 3.63) is 59.2 Å². The fourth-order valence-electron chi connectivity index (χ4n) is 2.93. The maximum Gasteiger partial charge on any atom is 0.250 e. The number of fused-ring (bicyclic) bond motifs is 1. The van der Waals surface area contributed by atoms with E-state index in [2.05, 4.69) is 5.32 Å². The second-order valence-corrected chi connectivity index (χ2v) is 6.15. The van der Waals surface area contributed by atoms with Crippen molar-refractivity contribution in [1.82, 2.24) is 5.32 Å². The van der Waals surface area contributed by atoms with Crippen molar-refractivity contribution in [3.8, 4) is 17.2 Å². The van der Waals surface area contributed by atoms with Gasteiger partial charge in [-0.2, -0.15) is 0 Å². The predicted molar refractivity (Wildman–Crippen MR) is 105 cm³/mol. The molecule has 0 saturated heterocycles. The van der Waals surface area contributed by atoms with Gasteiger partial charge in [0.2, 0.25) is 0 Å². The van der Waals surface area contributed by atoms with Crippen LogP contribution in [0.5, 0.6) is 17.2 Å². The van der Waals surface area contributed by atoms with Crippen LogP contribution in [0.3, 0.4) is 0 Å². The Kier molecular flexibility index (Phi) is 6.36. The smallest absolute Gasteiger partial charge is 0.250 e. The van der Waals surface area contributed by atoms with Crippen LogP contribution in [0.1, 0.15) is 25.0 Å². The van der Waals surface area contributed by atoms with Gasteiger partial charge in [-0.3, -0.25) is 4.79 Å². The molecule has 0 aromatic heterocycles. The van der Waals surface area contributed by atoms with E-state index in [0.717, 1.165) is 28.4 Å². The van der Waals surface area contributed by atoms with Gasteiger partial charge in [0.15, 0.2) is 11.5 Å². The highest BCUT2D eigenvalue weighted by atomic mass is 16.5. The Morgan fingerprint density at radius 1 is 1.07 bits per heavy atom. The molecule has 0 aliphatic carbocycles. The topological polar surface area (TPSA) is 56.8 Å². The molecule has 0 radical (unpaired) electrons. The van der Waals surface area contributed by atoms with Crippen LogP contribution in [0.2, 0.25) is 0 Å². The SMILES string of the molecule is CCOc1ccc(CCNC(=O)C2=Cc3ccccc3OC2)cc1OCC. The summed E-state index contributed by atoms with van der Waals surface area (Å²) in [5.74, 6) is 2.20. The normalized spacial score (nSPS) is 12.4. The van der Waals surface area contributed by atoms with E-state index in [4.69, 9.17) is 14.2 Å². The zero-order chi connectivity index (χ0) is 19.1. The van der Waals surface area contributed by atoms with Crippen LogP contribution >= 0.6 is 0 Å². The lowest BCUT2D eigenvalue weighted by Crippen LogP contribution is -2.30. The number of amides is 1. The van der Waals surface area contributed by atoms with Crippen molar-refractivity contribution >= 4 is 12.0 Å². The van der Waals surface area contributed by atoms with Gasteiger partial charge in [-0.05, 0) is 50.1 Å². The molecule has 1 amide bonds. The van der Waals surface area contributed by atoms with Gasteiger partial charge in [0.25, 0.3) is 5.91 Å². The van der Waals surface area contributed by atoms with E-state index in [1.165, 1.54) is 0 Å². The summed E-state index contributed by atoms with van der Waals surface area (Å²) in [6.45, 7) is 5.89. The highest BCUT2D eigenvalue weighted by Crippen LogP contribution is 2.29. The van der Waals surface area contributed by atoms with Gasteiger partial charge in [-0.15, -0.1) is 0 Å². The van der Waals surface area contributed by atoms with Crippen LogP contribution in [0, 0.1) is 0 Å². The summed E-state index contributed by atoms with van der Waals surface area (Å²) >= 11 is 0. The van der Waals surface area contributed by atoms with Crippen LogP contribution < -0.4 is 19.5 Å². The molecule has 0 unspecified atom stereocenters. The minimum absolute atomic E-state index is 0.0968. The van der Waals surface area contributed by atoms with Crippen molar-refractivity contribution < 1.29 is 19.0 Å². The molecule has 1 aliphatic rings. The Hall–Kier alpha value is -2.95. The lowest BCUT2D eigenvalue weighted by molar-refractivity contribution is -0.117. The van der Waals surface area contributed by atoms with Crippen LogP contribution in [0.25, 0.3) is 6.08 Å². The minimum atomic E-state index is -0.0968. The van der Waals surface area contributed by atoms with Crippen molar-refractivity contribution in [3.63, 3.8) is 0 Å². The van der Waals surface area contributed by atoms with Crippen LogP contribution in [0.15, 0.2) is 48.0 Å². The molecule has 1 N–H and O–H groups in total. The standard InChI is InChI=1S/C22H25NO4/c1-3-25-20-10-9-16(13-21(20)26-4-2)11-12-23-22(24)18-14-17-7-5-6-8-19(17)27-15-18/h5-10,13-14H,3-4,11-12,15H2,1-2H3,(H,23,24). The van der Waals surface area contributed by atoms with Gasteiger partial charge in [0.1, 0.15) is 12.4 Å². The molecule has 5 heteroatoms. The molecule has 0 fully saturated rings. The Morgan fingerprint density at radius 3 is 2.67 bits per heavy atom. The molecule has 1 aliphatic heterocycles. The zero-order valence-corrected chi connectivity index (χ0v) is 15.8. The van der Waals surface area contributed by atoms with Gasteiger partial charge < -0.3 is 19.5 Å². The second kappa shape index (κ2) is 9.12. The summed E-state index contributed by atoms with van der Waals surface area (Å²) in [7, 11) is 0. The lowest BCUT2D eigenvalue weighted by Gasteiger charge is -2.17. The van der Waals surface area contributed by atoms with Gasteiger partial charge in [0.05, 0.1) is 18.8 Å². The monoisotopic (exact) mass is 367 g/mol. The molecule has 0 atom stereocenters. The molecular formula is C22H25NO4. The number of hydrogen-bond donors (Lipinski definition) is 1. The Bertz CT molecular complexity index is 829. The molecule has 1 heterocycles. The minimum Gasteiger partial charge on any atom is -0.490 e. The van der Waals surface area contributed by atoms with Crippen molar-refractivity contribution in [2.24, 2.45) is 0 Å². The fourth-order valence-corrected chi connectivity index (χ4v) is 2.93. The van der Waals surface area contributed by atoms with E-state index in [0.29, 0.717) is 38.4 Å². The third-order valence-electron chi connectivity index (χ3n) is 4.23. The van der Waals surface area contributed by atoms with Gasteiger partial charge >= 0.3 is 0 Å². The molecule has 3 rings (SSSR count). The van der Waals surface area contributed by atoms with Gasteiger partial charge in [-0.1, -0.05) is 24.3 Å². The van der Waals surface area contributed by atoms with Crippen LogP contribution in [0.4, 0.5) is 0 Å². The summed E-state index contributed by atoms with van der Waals surface area (Å²) in [6, 6.07) is 13.6. The molecule has 0 spiro atoms. The first kappa shape index (κ1) is 18.8. The number of para-hydroxylation sites is 1. The Morgan fingerprint density at radius 2 is 1.85 bits per heavy atom. The van der Waals surface area contributed by atoms with Crippen molar-refractivity contribution in [1.29, 1.82) is 0 Å². The first-order valence-corrected chi connectivity index (χ1v) is 9.30. The number of carbonyl (C=O) groups is 1. The Labute approximate surface area is 159 Å². The van der Waals surface area contributed by atoms with E-state index in [1.807, 2.05) is 62.4 Å². The molecule has 0 bridgehead atoms. The average Bonchev–Trinajstić information content (AvgIpc) is 2.69. The second-order valence-electron chi connectivity index (χ2n) is 6.15. The van der Waals surface area contributed by atoms with E-state index in [9.17, 15) is 4.79 Å². The highest BCUT2D eigenvalue weighted by Gasteiger charge is 2.16. The molecule has 2 aromatic rings. The maximum absolute atomic E-state index is 12.4. The van der Waals surface area contributed by atoms with Crippen molar-refractivity contribution in [2.75, 3.05) is 26.4 Å². The fraction of sp³-hybridized carbons (Fsp3) is 0.318. The zero-order valence-electron chi connectivity index (χ0n) is 15.8. The summed E-state index contributed by atoms with van der Waals surface area (Å²) in [5.41, 5.74) is 2.65. The molecule has 0 saturated carbocycles. The number of ether oxygens (including phenoxy) is 3. The Balaban J connectivity index is 1.57. The predicted octanol–water partition coefficient (Wildman–Crippen LogP) is 3.62. The first-order valence-electron chi connectivity index (χ1n) is 9.30. The third-order valence-corrected chi connectivity index (χ3v) is 4.23. The molecule has 5 nitrogen and oxygen atoms in total. The highest BCUT2D eigenvalue weighted by molar-refractivity contribution is 5.99. The first-order chi connectivity index (χ1) is 13.2. The molecule has 27 heavy (non-hydrogen) atoms. The lowest BCUT2D eigenvalue weighted by atomic mass is 10.1. The summed E-state index contributed by atoms with van der Waals surface area (Å²) in [4.78, 5) is 12.4. The van der Waals surface area contributed by atoms with E-state index in [1.54, 1.807) is 0 Å². The summed E-state index contributed by atoms with van der Waals surface area (Å²) in [6.07, 6.45) is 2.60. The molecule has 2 aromatic carbocycles. The quantitative estimate of drug-likeness (QED) is 0.774. The number of rotatable bonds is 8. The number of carbonyl (C=O) groups excluding carboxylic acids is 1. The number of nitrogens with one attached hydrogen (secondary N) is 1. The van der Waals surface area contributed by atoms with Crippen LogP contribution in [-0.4, -0.2) is 32.3 Å². The molecule has 142 valence electrons. The van der Waals surface area contributed by atoms with Gasteiger partial charge in [0, 0.05) is 12.1 Å². The maximum atomic E-state index is 12.4. The summed E-state index contributed by atoms with van der Waals surface area (Å²) < 4.78 is 16.9. The van der Waals surface area contributed by atoms with Crippen molar-refractivity contribution in [2.45, 2.75) is 20.3 Å². The van der Waals surface area contributed by atoms with Crippen LogP contribution in [-0.2, 0) is 11.2 Å². The number of benzene rings is 2. The van der Waals surface area contributed by atoms with Gasteiger partial charge in [-0.25, -0.2) is 0 Å². The molecular weight excluding hydrogens is 342 g/mol. The van der Waals surface area contributed by atoms with E-state index >= 15 is 0 Å². The average molecular weight is 367 g/mol. The summed E-state index contributed by atoms with van der Waals surface area (Å²) in [5, 5.41) is 2.96.